The van der Waals surface area contributed by atoms with E-state index < -0.39 is 7.14 Å². The molecule has 2 aromatic heterocycles. The molecular formula is C42H31N2O2P. The van der Waals surface area contributed by atoms with Crippen molar-refractivity contribution in [2.24, 2.45) is 0 Å². The Morgan fingerprint density at radius 3 is 1.55 bits per heavy atom. The van der Waals surface area contributed by atoms with Gasteiger partial charge in [0.05, 0.1) is 22.8 Å². The molecule has 0 aliphatic rings. The minimum Gasteiger partial charge on any atom is -0.456 e. The van der Waals surface area contributed by atoms with Crippen LogP contribution in [0.4, 0.5) is 0 Å². The number of fused-ring (bicyclic) bond motifs is 3. The Bertz CT molecular complexity index is 2440. The molecule has 0 radical (unpaired) electrons. The molecule has 6 aromatic carbocycles. The van der Waals surface area contributed by atoms with Crippen molar-refractivity contribution in [3.8, 4) is 56.2 Å². The van der Waals surface area contributed by atoms with Crippen molar-refractivity contribution in [3.05, 3.63) is 152 Å². The van der Waals surface area contributed by atoms with Crippen LogP contribution in [0.1, 0.15) is 0 Å². The van der Waals surface area contributed by atoms with Gasteiger partial charge < -0.3 is 8.98 Å². The Kier molecular flexibility index (Phi) is 7.16. The number of para-hydroxylation sites is 1. The van der Waals surface area contributed by atoms with Crippen molar-refractivity contribution in [1.29, 1.82) is 0 Å². The van der Waals surface area contributed by atoms with Gasteiger partial charge in [0.2, 0.25) is 0 Å². The van der Waals surface area contributed by atoms with Gasteiger partial charge in [0.15, 0.2) is 0 Å². The van der Waals surface area contributed by atoms with Crippen LogP contribution in [0.3, 0.4) is 0 Å². The highest BCUT2D eigenvalue weighted by atomic mass is 31.2. The lowest BCUT2D eigenvalue weighted by atomic mass is 9.97. The fraction of sp³-hybridized carbons (Fsp3) is 0.0476. The molecule has 0 saturated carbocycles. The predicted molar refractivity (Wildman–Crippen MR) is 196 cm³/mol. The highest BCUT2D eigenvalue weighted by molar-refractivity contribution is 7.70. The summed E-state index contributed by atoms with van der Waals surface area (Å²) in [4.78, 5) is 10.9. The van der Waals surface area contributed by atoms with E-state index >= 15 is 0 Å². The van der Waals surface area contributed by atoms with Gasteiger partial charge in [0.25, 0.3) is 0 Å². The largest absolute Gasteiger partial charge is 0.456 e. The number of furan rings is 1. The van der Waals surface area contributed by atoms with E-state index in [0.717, 1.165) is 83.4 Å². The van der Waals surface area contributed by atoms with Crippen molar-refractivity contribution >= 4 is 34.4 Å². The molecule has 8 rings (SSSR count). The molecule has 0 bridgehead atoms. The number of nitrogens with zero attached hydrogens (tertiary/aromatic N) is 2. The topological polar surface area (TPSA) is 56.0 Å². The van der Waals surface area contributed by atoms with E-state index in [4.69, 9.17) is 14.4 Å². The van der Waals surface area contributed by atoms with E-state index in [1.807, 2.05) is 92.2 Å². The first-order valence-corrected chi connectivity index (χ1v) is 18.2. The van der Waals surface area contributed by atoms with Gasteiger partial charge in [-0.15, -0.1) is 0 Å². The summed E-state index contributed by atoms with van der Waals surface area (Å²) in [6, 6.07) is 51.3. The Hall–Kier alpha value is -5.57. The lowest BCUT2D eigenvalue weighted by Gasteiger charge is -2.16. The van der Waals surface area contributed by atoms with Crippen molar-refractivity contribution in [2.75, 3.05) is 13.3 Å². The molecule has 0 fully saturated rings. The molecule has 0 amide bonds. The Morgan fingerprint density at radius 1 is 0.426 bits per heavy atom. The third-order valence-electron chi connectivity index (χ3n) is 8.60. The van der Waals surface area contributed by atoms with Crippen LogP contribution >= 0.6 is 7.14 Å². The average Bonchev–Trinajstić information content (AvgIpc) is 3.50. The van der Waals surface area contributed by atoms with E-state index in [9.17, 15) is 4.57 Å². The number of rotatable bonds is 6. The third-order valence-corrected chi connectivity index (χ3v) is 10.1. The van der Waals surface area contributed by atoms with Gasteiger partial charge in [-0.25, -0.2) is 9.97 Å². The maximum absolute atomic E-state index is 12.8. The van der Waals surface area contributed by atoms with Crippen molar-refractivity contribution in [1.82, 2.24) is 9.97 Å². The quantitative estimate of drug-likeness (QED) is 0.172. The van der Waals surface area contributed by atoms with Crippen LogP contribution in [0, 0.1) is 0 Å². The van der Waals surface area contributed by atoms with E-state index in [1.165, 1.54) is 0 Å². The molecule has 0 saturated heterocycles. The van der Waals surface area contributed by atoms with E-state index in [0.29, 0.717) is 0 Å². The summed E-state index contributed by atoms with van der Waals surface area (Å²) >= 11 is 0. The molecule has 0 unspecified atom stereocenters. The monoisotopic (exact) mass is 626 g/mol. The second kappa shape index (κ2) is 11.7. The van der Waals surface area contributed by atoms with Crippen molar-refractivity contribution in [3.63, 3.8) is 0 Å². The lowest BCUT2D eigenvalue weighted by molar-refractivity contribution is 0.588. The van der Waals surface area contributed by atoms with Gasteiger partial charge in [0, 0.05) is 38.3 Å². The SMILES string of the molecule is CP(C)(=O)c1cccc(-c2ccc(-c3nc(-c4ccccc4)c(-c4ccccc4)nc3-c3ccc4oc5ccccc5c4c3)cc2)c1. The van der Waals surface area contributed by atoms with Gasteiger partial charge in [0.1, 0.15) is 18.3 Å². The Labute approximate surface area is 273 Å². The lowest BCUT2D eigenvalue weighted by Crippen LogP contribution is -2.02. The summed E-state index contributed by atoms with van der Waals surface area (Å²) in [5.41, 5.74) is 10.9. The molecule has 8 aromatic rings. The van der Waals surface area contributed by atoms with E-state index in [2.05, 4.69) is 72.8 Å². The number of hydrogen-bond donors (Lipinski definition) is 0. The van der Waals surface area contributed by atoms with Crippen molar-refractivity contribution < 1.29 is 8.98 Å². The zero-order valence-electron chi connectivity index (χ0n) is 26.1. The summed E-state index contributed by atoms with van der Waals surface area (Å²) in [5, 5.41) is 2.98. The van der Waals surface area contributed by atoms with Gasteiger partial charge in [-0.2, -0.15) is 0 Å². The van der Waals surface area contributed by atoms with Crippen LogP contribution in [-0.4, -0.2) is 23.3 Å². The summed E-state index contributed by atoms with van der Waals surface area (Å²) in [7, 11) is -2.38. The first-order chi connectivity index (χ1) is 22.9. The van der Waals surface area contributed by atoms with Gasteiger partial charge in [-0.3, -0.25) is 0 Å². The molecule has 47 heavy (non-hydrogen) atoms. The second-order valence-electron chi connectivity index (χ2n) is 12.1. The van der Waals surface area contributed by atoms with Crippen LogP contribution in [-0.2, 0) is 4.57 Å². The highest BCUT2D eigenvalue weighted by Gasteiger charge is 2.21. The summed E-state index contributed by atoms with van der Waals surface area (Å²) in [6.45, 7) is 3.62. The van der Waals surface area contributed by atoms with Crippen LogP contribution in [0.2, 0.25) is 0 Å². The molecule has 0 atom stereocenters. The minimum atomic E-state index is -2.38. The van der Waals surface area contributed by atoms with E-state index in [-0.39, 0.29) is 0 Å². The first-order valence-electron chi connectivity index (χ1n) is 15.6. The zero-order valence-corrected chi connectivity index (χ0v) is 27.0. The van der Waals surface area contributed by atoms with Crippen LogP contribution in [0.15, 0.2) is 156 Å². The molecule has 4 nitrogen and oxygen atoms in total. The molecule has 0 aliphatic carbocycles. The predicted octanol–water partition coefficient (Wildman–Crippen LogP) is 11.0. The molecule has 5 heteroatoms. The maximum Gasteiger partial charge on any atom is 0.135 e. The molecule has 0 N–H and O–H groups in total. The van der Waals surface area contributed by atoms with Crippen LogP contribution in [0.5, 0.6) is 0 Å². The fourth-order valence-electron chi connectivity index (χ4n) is 6.15. The van der Waals surface area contributed by atoms with E-state index in [1.54, 1.807) is 0 Å². The molecule has 0 spiro atoms. The summed E-state index contributed by atoms with van der Waals surface area (Å²) in [5.74, 6) is 0. The second-order valence-corrected chi connectivity index (χ2v) is 15.4. The van der Waals surface area contributed by atoms with Gasteiger partial charge in [-0.05, 0) is 54.8 Å². The number of benzene rings is 6. The van der Waals surface area contributed by atoms with Crippen molar-refractivity contribution in [2.45, 2.75) is 0 Å². The first kappa shape index (κ1) is 28.9. The average molecular weight is 627 g/mol. The number of hydrogen-bond acceptors (Lipinski definition) is 4. The van der Waals surface area contributed by atoms with Gasteiger partial charge >= 0.3 is 0 Å². The standard InChI is InChI=1S/C42H31N2O2P/c1-47(2,45)34-17-11-16-32(26-34)28-20-22-31(23-21-28)41-42(33-24-25-38-36(27-33)35-18-9-10-19-37(35)46-38)44-40(30-14-7-4-8-15-30)39(43-41)29-12-5-3-6-13-29/h3-27H,1-2H3. The minimum absolute atomic E-state index is 0.794. The third kappa shape index (κ3) is 5.48. The van der Waals surface area contributed by atoms with Gasteiger partial charge in [-0.1, -0.05) is 121 Å². The fourth-order valence-corrected chi connectivity index (χ4v) is 7.04. The zero-order chi connectivity index (χ0) is 32.0. The summed E-state index contributed by atoms with van der Waals surface area (Å²) < 4.78 is 19.0. The highest BCUT2D eigenvalue weighted by Crippen LogP contribution is 2.40. The molecule has 226 valence electrons. The Morgan fingerprint density at radius 2 is 0.915 bits per heavy atom. The number of aromatic nitrogens is 2. The molecular weight excluding hydrogens is 595 g/mol. The normalized spacial score (nSPS) is 11.7. The molecule has 2 heterocycles. The maximum atomic E-state index is 12.8. The van der Waals surface area contributed by atoms with Crippen LogP contribution < -0.4 is 5.30 Å². The Balaban J connectivity index is 1.35. The summed E-state index contributed by atoms with van der Waals surface area (Å²) in [6.07, 6.45) is 0. The molecule has 0 aliphatic heterocycles. The smallest absolute Gasteiger partial charge is 0.135 e. The van der Waals surface area contributed by atoms with Crippen LogP contribution in [0.25, 0.3) is 78.1 Å².